The van der Waals surface area contributed by atoms with Crippen molar-refractivity contribution in [2.45, 2.75) is 64.7 Å². The van der Waals surface area contributed by atoms with Crippen LogP contribution in [0.2, 0.25) is 0 Å². The Kier molecular flexibility index (Phi) is 3.31. The number of Topliss-reactive ketones (excluding diaryl/α,β-unsaturated/α-hetero) is 1. The molecule has 4 rings (SSSR count). The van der Waals surface area contributed by atoms with Crippen LogP contribution in [0.4, 0.5) is 0 Å². The van der Waals surface area contributed by atoms with Crippen molar-refractivity contribution in [2.24, 2.45) is 28.6 Å². The van der Waals surface area contributed by atoms with Crippen LogP contribution in [0.15, 0.2) is 11.6 Å². The van der Waals surface area contributed by atoms with E-state index in [2.05, 4.69) is 13.0 Å². The van der Waals surface area contributed by atoms with Crippen LogP contribution in [-0.2, 0) is 9.59 Å². The van der Waals surface area contributed by atoms with E-state index in [-0.39, 0.29) is 16.6 Å². The SMILES string of the molecule is C[C@]12CC[C@@H]3[C@@H](CCC4=CC(=O)CC[C@@]43CC#N)[C@@H]1CCC2=O. The van der Waals surface area contributed by atoms with Gasteiger partial charge in [-0.1, -0.05) is 12.5 Å². The zero-order valence-corrected chi connectivity index (χ0v) is 13.9. The van der Waals surface area contributed by atoms with Gasteiger partial charge in [0.05, 0.1) is 6.07 Å². The van der Waals surface area contributed by atoms with Gasteiger partial charge in [-0.25, -0.2) is 0 Å². The number of hydrogen-bond donors (Lipinski definition) is 0. The molecule has 0 saturated heterocycles. The lowest BCUT2D eigenvalue weighted by molar-refractivity contribution is -0.132. The molecule has 0 aromatic rings. The van der Waals surface area contributed by atoms with Gasteiger partial charge in [0.15, 0.2) is 5.78 Å². The van der Waals surface area contributed by atoms with Crippen molar-refractivity contribution in [3.63, 3.8) is 0 Å². The largest absolute Gasteiger partial charge is 0.299 e. The molecule has 0 N–H and O–H groups in total. The van der Waals surface area contributed by atoms with Crippen molar-refractivity contribution in [3.05, 3.63) is 11.6 Å². The first kappa shape index (κ1) is 15.1. The molecule has 0 spiro atoms. The Morgan fingerprint density at radius 3 is 2.74 bits per heavy atom. The maximum Gasteiger partial charge on any atom is 0.155 e. The summed E-state index contributed by atoms with van der Waals surface area (Å²) >= 11 is 0. The lowest BCUT2D eigenvalue weighted by Gasteiger charge is -2.57. The Morgan fingerprint density at radius 1 is 1.13 bits per heavy atom. The lowest BCUT2D eigenvalue weighted by atomic mass is 9.46. The lowest BCUT2D eigenvalue weighted by Crippen LogP contribution is -2.51. The molecule has 0 heterocycles. The molecular weight excluding hydrogens is 286 g/mol. The standard InChI is InChI=1S/C20H25NO2/c1-19-8-7-17-15(16(19)4-5-18(19)23)3-2-13-12-14(22)6-9-20(13,17)10-11-21/h12,15-17H,2-10H2,1H3/t15-,16-,17+,19-,20+/m0/s1. The van der Waals surface area contributed by atoms with E-state index in [4.69, 9.17) is 0 Å². The van der Waals surface area contributed by atoms with Crippen molar-refractivity contribution >= 4 is 11.6 Å². The first-order chi connectivity index (χ1) is 11.0. The van der Waals surface area contributed by atoms with Crippen LogP contribution >= 0.6 is 0 Å². The second kappa shape index (κ2) is 5.03. The molecule has 4 aliphatic carbocycles. The summed E-state index contributed by atoms with van der Waals surface area (Å²) in [6, 6.07) is 2.43. The molecule has 3 heteroatoms. The van der Waals surface area contributed by atoms with E-state index in [1.54, 1.807) is 0 Å². The van der Waals surface area contributed by atoms with Crippen molar-refractivity contribution in [2.75, 3.05) is 0 Å². The first-order valence-corrected chi connectivity index (χ1v) is 9.15. The number of rotatable bonds is 1. The Morgan fingerprint density at radius 2 is 1.96 bits per heavy atom. The Labute approximate surface area is 138 Å². The van der Waals surface area contributed by atoms with Crippen LogP contribution in [-0.4, -0.2) is 11.6 Å². The van der Waals surface area contributed by atoms with E-state index in [9.17, 15) is 14.9 Å². The normalized spacial score (nSPS) is 45.6. The fraction of sp³-hybridized carbons (Fsp3) is 0.750. The van der Waals surface area contributed by atoms with E-state index in [0.29, 0.717) is 36.4 Å². The number of hydrogen-bond acceptors (Lipinski definition) is 3. The summed E-state index contributed by atoms with van der Waals surface area (Å²) in [6.45, 7) is 2.19. The number of ketones is 2. The summed E-state index contributed by atoms with van der Waals surface area (Å²) < 4.78 is 0. The Balaban J connectivity index is 1.74. The summed E-state index contributed by atoms with van der Waals surface area (Å²) in [5, 5.41) is 9.47. The van der Waals surface area contributed by atoms with Gasteiger partial charge in [0, 0.05) is 30.1 Å². The van der Waals surface area contributed by atoms with Gasteiger partial charge < -0.3 is 0 Å². The highest BCUT2D eigenvalue weighted by Gasteiger charge is 2.60. The summed E-state index contributed by atoms with van der Waals surface area (Å²) in [4.78, 5) is 24.3. The maximum absolute atomic E-state index is 12.4. The highest BCUT2D eigenvalue weighted by Crippen LogP contribution is 2.65. The molecule has 3 fully saturated rings. The van der Waals surface area contributed by atoms with Gasteiger partial charge in [-0.15, -0.1) is 0 Å². The van der Waals surface area contributed by atoms with Crippen molar-refractivity contribution < 1.29 is 9.59 Å². The van der Waals surface area contributed by atoms with Gasteiger partial charge in [-0.05, 0) is 62.4 Å². The minimum Gasteiger partial charge on any atom is -0.299 e. The number of nitriles is 1. The predicted octanol–water partition coefficient (Wildman–Crippen LogP) is 3.98. The van der Waals surface area contributed by atoms with Gasteiger partial charge >= 0.3 is 0 Å². The van der Waals surface area contributed by atoms with Gasteiger partial charge in [-0.2, -0.15) is 5.26 Å². The van der Waals surface area contributed by atoms with Gasteiger partial charge in [0.1, 0.15) is 5.78 Å². The van der Waals surface area contributed by atoms with Crippen LogP contribution in [0.25, 0.3) is 0 Å². The van der Waals surface area contributed by atoms with Crippen molar-refractivity contribution in [1.82, 2.24) is 0 Å². The van der Waals surface area contributed by atoms with Crippen LogP contribution in [0.3, 0.4) is 0 Å². The number of allylic oxidation sites excluding steroid dienone is 1. The second-order valence-corrected chi connectivity index (χ2v) is 8.46. The molecule has 5 atom stereocenters. The molecule has 3 saturated carbocycles. The van der Waals surface area contributed by atoms with Crippen molar-refractivity contribution in [1.29, 1.82) is 5.26 Å². The molecular formula is C20H25NO2. The molecule has 0 aliphatic heterocycles. The number of fused-ring (bicyclic) bond motifs is 5. The topological polar surface area (TPSA) is 57.9 Å². The summed E-state index contributed by atoms with van der Waals surface area (Å²) in [6.07, 6.45) is 9.73. The van der Waals surface area contributed by atoms with E-state index >= 15 is 0 Å². The molecule has 0 aromatic carbocycles. The van der Waals surface area contributed by atoms with Crippen LogP contribution in [0.1, 0.15) is 64.7 Å². The van der Waals surface area contributed by atoms with Crippen LogP contribution in [0.5, 0.6) is 0 Å². The molecule has 4 aliphatic rings. The number of carbonyl (C=O) groups excluding carboxylic acids is 2. The second-order valence-electron chi connectivity index (χ2n) is 8.46. The molecule has 0 aromatic heterocycles. The van der Waals surface area contributed by atoms with Gasteiger partial charge in [-0.3, -0.25) is 9.59 Å². The monoisotopic (exact) mass is 311 g/mol. The zero-order valence-electron chi connectivity index (χ0n) is 13.9. The molecule has 0 bridgehead atoms. The molecule has 3 nitrogen and oxygen atoms in total. The van der Waals surface area contributed by atoms with Crippen LogP contribution < -0.4 is 0 Å². The molecule has 0 amide bonds. The first-order valence-electron chi connectivity index (χ1n) is 9.15. The van der Waals surface area contributed by atoms with Crippen molar-refractivity contribution in [3.8, 4) is 6.07 Å². The minimum atomic E-state index is -0.110. The summed E-state index contributed by atoms with van der Waals surface area (Å²) in [7, 11) is 0. The van der Waals surface area contributed by atoms with Crippen LogP contribution in [0, 0.1) is 39.9 Å². The third kappa shape index (κ3) is 1.93. The molecule has 0 radical (unpaired) electrons. The highest BCUT2D eigenvalue weighted by atomic mass is 16.1. The van der Waals surface area contributed by atoms with E-state index in [1.807, 2.05) is 6.08 Å². The fourth-order valence-electron chi connectivity index (χ4n) is 6.61. The summed E-state index contributed by atoms with van der Waals surface area (Å²) in [5.41, 5.74) is 1.07. The molecule has 0 unspecified atom stereocenters. The smallest absolute Gasteiger partial charge is 0.155 e. The maximum atomic E-state index is 12.4. The molecule has 122 valence electrons. The third-order valence-electron chi connectivity index (χ3n) is 7.79. The summed E-state index contributed by atoms with van der Waals surface area (Å²) in [5.74, 6) is 2.28. The average molecular weight is 311 g/mol. The van der Waals surface area contributed by atoms with E-state index < -0.39 is 0 Å². The Hall–Kier alpha value is -1.43. The van der Waals surface area contributed by atoms with E-state index in [0.717, 1.165) is 44.9 Å². The van der Waals surface area contributed by atoms with Gasteiger partial charge in [0.25, 0.3) is 0 Å². The third-order valence-corrected chi connectivity index (χ3v) is 7.79. The number of nitrogens with zero attached hydrogens (tertiary/aromatic N) is 1. The average Bonchev–Trinajstić information content (AvgIpc) is 2.84. The number of carbonyl (C=O) groups is 2. The van der Waals surface area contributed by atoms with E-state index in [1.165, 1.54) is 5.57 Å². The predicted molar refractivity (Wildman–Crippen MR) is 86.3 cm³/mol. The molecule has 23 heavy (non-hydrogen) atoms. The quantitative estimate of drug-likeness (QED) is 0.736. The minimum absolute atomic E-state index is 0.0709. The Bertz CT molecular complexity index is 643. The fourth-order valence-corrected chi connectivity index (χ4v) is 6.61. The highest BCUT2D eigenvalue weighted by molar-refractivity contribution is 5.91. The van der Waals surface area contributed by atoms with Gasteiger partial charge in [0.2, 0.25) is 0 Å². The zero-order chi connectivity index (χ0) is 16.2.